The molecule has 26 heavy (non-hydrogen) atoms. The third-order valence-electron chi connectivity index (χ3n) is 6.12. The zero-order valence-corrected chi connectivity index (χ0v) is 14.8. The quantitative estimate of drug-likeness (QED) is 0.667. The minimum Gasteiger partial charge on any atom is -0.477 e. The minimum atomic E-state index is -0.312. The number of nitrogens with one attached hydrogen (secondary N) is 1. The molecule has 5 heteroatoms. The van der Waals surface area contributed by atoms with Gasteiger partial charge in [0.1, 0.15) is 0 Å². The van der Waals surface area contributed by atoms with Gasteiger partial charge in [-0.05, 0) is 31.0 Å². The van der Waals surface area contributed by atoms with Gasteiger partial charge in [0.25, 0.3) is 0 Å². The topological polar surface area (TPSA) is 52.5 Å². The Morgan fingerprint density at radius 1 is 1.42 bits per heavy atom. The third-order valence-corrected chi connectivity index (χ3v) is 6.12. The number of benzene rings is 1. The van der Waals surface area contributed by atoms with Crippen molar-refractivity contribution in [1.29, 1.82) is 0 Å². The van der Waals surface area contributed by atoms with E-state index in [0.717, 1.165) is 19.4 Å². The highest BCUT2D eigenvalue weighted by atomic mass is 16.5. The molecule has 5 nitrogen and oxygen atoms in total. The molecule has 1 aromatic heterocycles. The Morgan fingerprint density at radius 3 is 3.08 bits per heavy atom. The fourth-order valence-electron chi connectivity index (χ4n) is 5.03. The molecule has 0 aliphatic carbocycles. The number of rotatable bonds is 2. The van der Waals surface area contributed by atoms with Gasteiger partial charge in [0.2, 0.25) is 0 Å². The Hall–Kier alpha value is -2.53. The third kappa shape index (κ3) is 1.98. The molecule has 4 atom stereocenters. The summed E-state index contributed by atoms with van der Waals surface area (Å²) < 4.78 is 13.5. The number of para-hydroxylation sites is 1. The molecule has 5 rings (SSSR count). The van der Waals surface area contributed by atoms with Gasteiger partial charge in [-0.15, -0.1) is 6.58 Å². The molecule has 1 N–H and O–H groups in total. The van der Waals surface area contributed by atoms with Crippen LogP contribution in [0.5, 0.6) is 0 Å². The molecular weight excluding hydrogens is 328 g/mol. The summed E-state index contributed by atoms with van der Waals surface area (Å²) in [6, 6.07) is 8.73. The normalized spacial score (nSPS) is 29.2. The summed E-state index contributed by atoms with van der Waals surface area (Å²) in [6.45, 7) is 5.01. The highest BCUT2D eigenvalue weighted by Gasteiger charge is 2.46. The van der Waals surface area contributed by atoms with Crippen molar-refractivity contribution < 1.29 is 14.3 Å². The predicted octanol–water partition coefficient (Wildman–Crippen LogP) is 3.24. The summed E-state index contributed by atoms with van der Waals surface area (Å²) in [6.07, 6.45) is 5.20. The van der Waals surface area contributed by atoms with E-state index >= 15 is 0 Å². The summed E-state index contributed by atoms with van der Waals surface area (Å²) in [5.41, 5.74) is 4.51. The van der Waals surface area contributed by atoms with Crippen molar-refractivity contribution >= 4 is 16.9 Å². The molecule has 2 bridgehead atoms. The molecule has 2 aromatic rings. The first-order valence-electron chi connectivity index (χ1n) is 9.16. The molecule has 0 amide bonds. The van der Waals surface area contributed by atoms with E-state index < -0.39 is 0 Å². The van der Waals surface area contributed by atoms with Crippen molar-refractivity contribution in [3.05, 3.63) is 60.0 Å². The lowest BCUT2D eigenvalue weighted by atomic mass is 9.79. The van der Waals surface area contributed by atoms with E-state index in [4.69, 9.17) is 9.47 Å². The second kappa shape index (κ2) is 5.74. The fourth-order valence-corrected chi connectivity index (χ4v) is 5.03. The van der Waals surface area contributed by atoms with Crippen molar-refractivity contribution in [3.8, 4) is 0 Å². The largest absolute Gasteiger partial charge is 0.477 e. The molecule has 134 valence electrons. The van der Waals surface area contributed by atoms with Gasteiger partial charge >= 0.3 is 5.97 Å². The summed E-state index contributed by atoms with van der Waals surface area (Å²) in [5, 5.41) is 4.97. The van der Waals surface area contributed by atoms with Gasteiger partial charge in [-0.1, -0.05) is 24.3 Å². The number of aromatic nitrogens is 1. The van der Waals surface area contributed by atoms with Crippen LogP contribution in [0.3, 0.4) is 0 Å². The van der Waals surface area contributed by atoms with Crippen LogP contribution >= 0.6 is 0 Å². The number of hydrogen-bond donors (Lipinski definition) is 1. The Kier molecular flexibility index (Phi) is 3.47. The van der Waals surface area contributed by atoms with Crippen LogP contribution in [-0.2, 0) is 20.7 Å². The lowest BCUT2D eigenvalue weighted by Crippen LogP contribution is -2.33. The van der Waals surface area contributed by atoms with Crippen molar-refractivity contribution in [2.24, 2.45) is 11.8 Å². The summed E-state index contributed by atoms with van der Waals surface area (Å²) in [5.74, 6) is -0.269. The van der Waals surface area contributed by atoms with Gasteiger partial charge in [-0.2, -0.15) is 0 Å². The van der Waals surface area contributed by atoms with Gasteiger partial charge in [0.15, 0.2) is 6.23 Å². The van der Waals surface area contributed by atoms with E-state index in [1.54, 1.807) is 6.26 Å². The van der Waals surface area contributed by atoms with Gasteiger partial charge in [0.05, 0.1) is 24.5 Å². The average Bonchev–Trinajstić information content (AvgIpc) is 2.98. The number of carbonyl (C=O) groups excluding carboxylic acids is 1. The van der Waals surface area contributed by atoms with Crippen LogP contribution in [-0.4, -0.2) is 24.2 Å². The maximum Gasteiger partial charge on any atom is 0.337 e. The molecule has 0 saturated heterocycles. The number of ether oxygens (including phenoxy) is 2. The average molecular weight is 350 g/mol. The molecular formula is C21H22N2O3. The molecule has 0 spiro atoms. The molecule has 3 aliphatic rings. The molecule has 4 heterocycles. The zero-order chi connectivity index (χ0) is 17.8. The van der Waals surface area contributed by atoms with E-state index in [1.807, 2.05) is 6.08 Å². The summed E-state index contributed by atoms with van der Waals surface area (Å²) in [4.78, 5) is 12.3. The minimum absolute atomic E-state index is 0.0152. The maximum absolute atomic E-state index is 12.3. The van der Waals surface area contributed by atoms with Crippen molar-refractivity contribution in [2.75, 3.05) is 13.7 Å². The van der Waals surface area contributed by atoms with Crippen LogP contribution in [0.1, 0.15) is 29.9 Å². The molecule has 1 aromatic carbocycles. The van der Waals surface area contributed by atoms with E-state index in [2.05, 4.69) is 40.7 Å². The van der Waals surface area contributed by atoms with Gasteiger partial charge < -0.3 is 19.4 Å². The number of hydrogen-bond acceptors (Lipinski definition) is 4. The molecule has 0 saturated carbocycles. The van der Waals surface area contributed by atoms with Crippen LogP contribution in [0.4, 0.5) is 0 Å². The smallest absolute Gasteiger partial charge is 0.337 e. The summed E-state index contributed by atoms with van der Waals surface area (Å²) in [7, 11) is 1.42. The van der Waals surface area contributed by atoms with Crippen molar-refractivity contribution in [3.63, 3.8) is 0 Å². The van der Waals surface area contributed by atoms with E-state index in [9.17, 15) is 4.79 Å². The highest BCUT2D eigenvalue weighted by Crippen LogP contribution is 2.50. The second-order valence-corrected chi connectivity index (χ2v) is 7.25. The Balaban J connectivity index is 1.77. The van der Waals surface area contributed by atoms with Crippen LogP contribution in [0, 0.1) is 11.8 Å². The molecule has 0 fully saturated rings. The monoisotopic (exact) mass is 350 g/mol. The van der Waals surface area contributed by atoms with Gasteiger partial charge in [-0.25, -0.2) is 4.79 Å². The van der Waals surface area contributed by atoms with Crippen LogP contribution in [0.2, 0.25) is 0 Å². The first kappa shape index (κ1) is 15.7. The number of nitrogens with zero attached hydrogens (tertiary/aromatic N) is 1. The Morgan fingerprint density at radius 2 is 2.27 bits per heavy atom. The lowest BCUT2D eigenvalue weighted by molar-refractivity contribution is -0.138. The van der Waals surface area contributed by atoms with Crippen LogP contribution < -0.4 is 5.32 Å². The molecule has 0 radical (unpaired) electrons. The number of methoxy groups -OCH3 is 1. The van der Waals surface area contributed by atoms with Gasteiger partial charge in [0, 0.05) is 29.0 Å². The highest BCUT2D eigenvalue weighted by molar-refractivity contribution is 5.89. The number of carbonyl (C=O) groups is 1. The second-order valence-electron chi connectivity index (χ2n) is 7.25. The number of esters is 1. The Bertz CT molecular complexity index is 942. The standard InChI is InChI=1S/C21H22N2O3/c1-3-12-15-10-17-19-14(8-9-22-17)13-6-4-5-7-18(13)23(19)20(12)26-11-16(15)21(24)25-2/h3-7,11-12,15,17,20,22H,1,8-10H2,2H3/t12-,15+,17+,20+/m1/s1. The zero-order valence-electron chi connectivity index (χ0n) is 14.8. The van der Waals surface area contributed by atoms with E-state index in [0.29, 0.717) is 5.57 Å². The predicted molar refractivity (Wildman–Crippen MR) is 98.4 cm³/mol. The van der Waals surface area contributed by atoms with Crippen LogP contribution in [0.15, 0.2) is 48.8 Å². The van der Waals surface area contributed by atoms with Gasteiger partial charge in [-0.3, -0.25) is 0 Å². The number of fused-ring (bicyclic) bond motifs is 6. The fraction of sp³-hybridized carbons (Fsp3) is 0.381. The SMILES string of the molecule is C=C[C@@H]1[C@@H]2C[C@@H]3NCCc4c3n(c3ccccc43)[C@H]1OC=C2C(=O)OC. The first-order chi connectivity index (χ1) is 12.7. The maximum atomic E-state index is 12.3. The summed E-state index contributed by atoms with van der Waals surface area (Å²) >= 11 is 0. The Labute approximate surface area is 152 Å². The van der Waals surface area contributed by atoms with Crippen molar-refractivity contribution in [1.82, 2.24) is 9.88 Å². The van der Waals surface area contributed by atoms with Crippen LogP contribution in [0.25, 0.3) is 10.9 Å². The lowest BCUT2D eigenvalue weighted by Gasteiger charge is -2.35. The molecule has 0 unspecified atom stereocenters. The van der Waals surface area contributed by atoms with E-state index in [-0.39, 0.29) is 30.1 Å². The molecule has 3 aliphatic heterocycles. The van der Waals surface area contributed by atoms with E-state index in [1.165, 1.54) is 29.3 Å². The van der Waals surface area contributed by atoms with Crippen molar-refractivity contribution in [2.45, 2.75) is 25.1 Å². The first-order valence-corrected chi connectivity index (χ1v) is 9.16.